The molecule has 4 heteroatoms. The van der Waals surface area contributed by atoms with E-state index >= 15 is 0 Å². The average Bonchev–Trinajstić information content (AvgIpc) is 2.51. The van der Waals surface area contributed by atoms with Crippen LogP contribution < -0.4 is 0 Å². The van der Waals surface area contributed by atoms with Crippen molar-refractivity contribution in [2.24, 2.45) is 0 Å². The molecule has 14 heavy (non-hydrogen) atoms. The second kappa shape index (κ2) is 3.71. The maximum absolute atomic E-state index is 13.2. The molecular weight excluding hydrogens is 249 g/mol. The lowest BCUT2D eigenvalue weighted by molar-refractivity contribution is 0.278. The standard InChI is InChI=1S/C10H9BrFNO/c11-8-5-7-1-2-13(3-4-14)10(7)6-9(8)12/h1-2,5-6,14H,3-4H2. The van der Waals surface area contributed by atoms with Gasteiger partial charge >= 0.3 is 0 Å². The van der Waals surface area contributed by atoms with Crippen LogP contribution in [-0.4, -0.2) is 16.3 Å². The van der Waals surface area contributed by atoms with Crippen LogP contribution in [0.25, 0.3) is 10.9 Å². The summed E-state index contributed by atoms with van der Waals surface area (Å²) in [7, 11) is 0. The Balaban J connectivity index is 2.61. The SMILES string of the molecule is OCCn1ccc2cc(Br)c(F)cc21. The second-order valence-electron chi connectivity index (χ2n) is 3.06. The molecule has 0 atom stereocenters. The predicted molar refractivity (Wildman–Crippen MR) is 56.7 cm³/mol. The van der Waals surface area contributed by atoms with Crippen molar-refractivity contribution in [2.45, 2.75) is 6.54 Å². The molecule has 0 aliphatic carbocycles. The minimum Gasteiger partial charge on any atom is -0.395 e. The van der Waals surface area contributed by atoms with Crippen LogP contribution in [0.5, 0.6) is 0 Å². The van der Waals surface area contributed by atoms with E-state index < -0.39 is 0 Å². The number of aliphatic hydroxyl groups is 1. The van der Waals surface area contributed by atoms with Gasteiger partial charge in [0.15, 0.2) is 0 Å². The van der Waals surface area contributed by atoms with Gasteiger partial charge in [-0.1, -0.05) is 0 Å². The van der Waals surface area contributed by atoms with Crippen LogP contribution in [-0.2, 0) is 6.54 Å². The average molecular weight is 258 g/mol. The molecule has 2 nitrogen and oxygen atoms in total. The quantitative estimate of drug-likeness (QED) is 0.879. The Morgan fingerprint density at radius 3 is 2.93 bits per heavy atom. The van der Waals surface area contributed by atoms with Crippen molar-refractivity contribution in [3.63, 3.8) is 0 Å². The van der Waals surface area contributed by atoms with E-state index in [1.165, 1.54) is 6.07 Å². The zero-order chi connectivity index (χ0) is 10.1. The lowest BCUT2D eigenvalue weighted by Gasteiger charge is -2.02. The van der Waals surface area contributed by atoms with Crippen molar-refractivity contribution in [1.82, 2.24) is 4.57 Å². The van der Waals surface area contributed by atoms with E-state index in [0.717, 1.165) is 10.9 Å². The first-order valence-electron chi connectivity index (χ1n) is 4.27. The predicted octanol–water partition coefficient (Wildman–Crippen LogP) is 2.54. The van der Waals surface area contributed by atoms with Crippen molar-refractivity contribution in [1.29, 1.82) is 0 Å². The Morgan fingerprint density at radius 2 is 2.21 bits per heavy atom. The lowest BCUT2D eigenvalue weighted by Crippen LogP contribution is -1.99. The number of hydrogen-bond donors (Lipinski definition) is 1. The smallest absolute Gasteiger partial charge is 0.139 e. The number of benzene rings is 1. The molecule has 0 bridgehead atoms. The maximum Gasteiger partial charge on any atom is 0.139 e. The first-order chi connectivity index (χ1) is 6.72. The zero-order valence-corrected chi connectivity index (χ0v) is 8.96. The van der Waals surface area contributed by atoms with Crippen LogP contribution >= 0.6 is 15.9 Å². The third-order valence-corrected chi connectivity index (χ3v) is 2.76. The molecule has 0 amide bonds. The van der Waals surface area contributed by atoms with Crippen molar-refractivity contribution in [3.05, 3.63) is 34.7 Å². The highest BCUT2D eigenvalue weighted by Crippen LogP contribution is 2.24. The molecule has 0 unspecified atom stereocenters. The van der Waals surface area contributed by atoms with Crippen LogP contribution in [0.15, 0.2) is 28.9 Å². The van der Waals surface area contributed by atoms with Gasteiger partial charge in [0.1, 0.15) is 5.82 Å². The van der Waals surface area contributed by atoms with E-state index in [1.54, 1.807) is 6.07 Å². The molecule has 1 aromatic carbocycles. The van der Waals surface area contributed by atoms with Gasteiger partial charge in [0.25, 0.3) is 0 Å². The summed E-state index contributed by atoms with van der Waals surface area (Å²) in [6, 6.07) is 5.10. The van der Waals surface area contributed by atoms with E-state index in [1.807, 2.05) is 16.8 Å². The minimum atomic E-state index is -0.282. The van der Waals surface area contributed by atoms with Crippen molar-refractivity contribution < 1.29 is 9.50 Å². The monoisotopic (exact) mass is 257 g/mol. The Morgan fingerprint density at radius 1 is 1.43 bits per heavy atom. The van der Waals surface area contributed by atoms with E-state index in [2.05, 4.69) is 15.9 Å². The van der Waals surface area contributed by atoms with Gasteiger partial charge in [-0.05, 0) is 34.1 Å². The third-order valence-electron chi connectivity index (χ3n) is 2.15. The molecule has 2 rings (SSSR count). The van der Waals surface area contributed by atoms with Crippen LogP contribution in [0.4, 0.5) is 4.39 Å². The number of nitrogens with zero attached hydrogens (tertiary/aromatic N) is 1. The third kappa shape index (κ3) is 1.55. The molecule has 1 N–H and O–H groups in total. The summed E-state index contributed by atoms with van der Waals surface area (Å²) in [6.45, 7) is 0.548. The van der Waals surface area contributed by atoms with Crippen LogP contribution in [0, 0.1) is 5.82 Å². The number of rotatable bonds is 2. The number of halogens is 2. The number of fused-ring (bicyclic) bond motifs is 1. The molecule has 74 valence electrons. The molecule has 0 fully saturated rings. The largest absolute Gasteiger partial charge is 0.395 e. The number of hydrogen-bond acceptors (Lipinski definition) is 1. The summed E-state index contributed by atoms with van der Waals surface area (Å²) in [5.74, 6) is -0.282. The number of aromatic nitrogens is 1. The van der Waals surface area contributed by atoms with Crippen LogP contribution in [0.1, 0.15) is 0 Å². The molecule has 0 aliphatic rings. The van der Waals surface area contributed by atoms with E-state index in [4.69, 9.17) is 5.11 Å². The molecule has 0 radical (unpaired) electrons. The zero-order valence-electron chi connectivity index (χ0n) is 7.37. The summed E-state index contributed by atoms with van der Waals surface area (Å²) in [6.07, 6.45) is 1.84. The highest BCUT2D eigenvalue weighted by molar-refractivity contribution is 9.10. The summed E-state index contributed by atoms with van der Waals surface area (Å²) in [4.78, 5) is 0. The van der Waals surface area contributed by atoms with E-state index in [-0.39, 0.29) is 12.4 Å². The topological polar surface area (TPSA) is 25.2 Å². The maximum atomic E-state index is 13.2. The van der Waals surface area contributed by atoms with Gasteiger partial charge in [-0.15, -0.1) is 0 Å². The van der Waals surface area contributed by atoms with Crippen molar-refractivity contribution >= 4 is 26.8 Å². The molecule has 0 saturated heterocycles. The lowest BCUT2D eigenvalue weighted by atomic mass is 10.2. The van der Waals surface area contributed by atoms with Gasteiger partial charge in [0.2, 0.25) is 0 Å². The fourth-order valence-corrected chi connectivity index (χ4v) is 1.85. The van der Waals surface area contributed by atoms with Crippen molar-refractivity contribution in [2.75, 3.05) is 6.61 Å². The molecule has 1 aromatic heterocycles. The van der Waals surface area contributed by atoms with E-state index in [9.17, 15) is 4.39 Å². The van der Waals surface area contributed by atoms with Crippen LogP contribution in [0.3, 0.4) is 0 Å². The Labute approximate surface area is 89.1 Å². The first-order valence-corrected chi connectivity index (χ1v) is 5.06. The Kier molecular flexibility index (Phi) is 2.56. The summed E-state index contributed by atoms with van der Waals surface area (Å²) < 4.78 is 15.5. The summed E-state index contributed by atoms with van der Waals surface area (Å²) in [5.41, 5.74) is 0.805. The first kappa shape index (κ1) is 9.68. The Bertz CT molecular complexity index is 466. The van der Waals surface area contributed by atoms with Gasteiger partial charge < -0.3 is 9.67 Å². The second-order valence-corrected chi connectivity index (χ2v) is 3.91. The van der Waals surface area contributed by atoms with Gasteiger partial charge in [-0.25, -0.2) is 4.39 Å². The fourth-order valence-electron chi connectivity index (χ4n) is 1.49. The molecule has 1 heterocycles. The van der Waals surface area contributed by atoms with E-state index in [0.29, 0.717) is 11.0 Å². The molecule has 0 spiro atoms. The minimum absolute atomic E-state index is 0.0570. The highest BCUT2D eigenvalue weighted by atomic mass is 79.9. The van der Waals surface area contributed by atoms with Gasteiger partial charge in [0, 0.05) is 18.1 Å². The molecule has 0 aliphatic heterocycles. The number of aliphatic hydroxyl groups excluding tert-OH is 1. The van der Waals surface area contributed by atoms with Crippen LogP contribution in [0.2, 0.25) is 0 Å². The normalized spacial score (nSPS) is 11.1. The fraction of sp³-hybridized carbons (Fsp3) is 0.200. The van der Waals surface area contributed by atoms with Gasteiger partial charge in [-0.2, -0.15) is 0 Å². The van der Waals surface area contributed by atoms with Crippen molar-refractivity contribution in [3.8, 4) is 0 Å². The molecule has 2 aromatic rings. The summed E-state index contributed by atoms with van der Waals surface area (Å²) in [5, 5.41) is 9.76. The molecule has 0 saturated carbocycles. The highest BCUT2D eigenvalue weighted by Gasteiger charge is 2.05. The van der Waals surface area contributed by atoms with Gasteiger partial charge in [-0.3, -0.25) is 0 Å². The Hall–Kier alpha value is -0.870. The summed E-state index contributed by atoms with van der Waals surface area (Å²) >= 11 is 3.13. The molecular formula is C10H9BrFNO. The van der Waals surface area contributed by atoms with Gasteiger partial charge in [0.05, 0.1) is 16.6 Å².